The summed E-state index contributed by atoms with van der Waals surface area (Å²) >= 11 is 5.58. The maximum absolute atomic E-state index is 12.0. The second-order valence-electron chi connectivity index (χ2n) is 6.20. The standard InChI is InChI=1S/C17H22N4O3S/c1-3-20-15(12-7-5-4-6-8-12)18-21(17(20)25)11-19-10-13(22)9-14(19)16(23)24-2/h4-8,13-14,22H,3,9-11H2,1-2H3/p+1/t13-,14+/m1/s1. The normalized spacial score (nSPS) is 22.9. The number of benzene rings is 1. The number of ether oxygens (including phenoxy) is 1. The SMILES string of the molecule is CCn1c(-c2ccccc2)nn(C[NH+]2C[C@H](O)C[C@H]2C(=O)OC)c1=S. The van der Waals surface area contributed by atoms with Gasteiger partial charge in [0.25, 0.3) is 0 Å². The first kappa shape index (κ1) is 17.8. The number of aliphatic hydroxyl groups excluding tert-OH is 1. The predicted molar refractivity (Wildman–Crippen MR) is 94.4 cm³/mol. The Bertz CT molecular complexity index is 802. The van der Waals surface area contributed by atoms with Crippen LogP contribution in [0.1, 0.15) is 13.3 Å². The molecule has 2 heterocycles. The van der Waals surface area contributed by atoms with Gasteiger partial charge >= 0.3 is 5.97 Å². The zero-order chi connectivity index (χ0) is 18.0. The maximum atomic E-state index is 12.0. The lowest BCUT2D eigenvalue weighted by Gasteiger charge is -2.18. The van der Waals surface area contributed by atoms with Crippen LogP contribution in [0.4, 0.5) is 0 Å². The summed E-state index contributed by atoms with van der Waals surface area (Å²) in [4.78, 5) is 12.9. The molecule has 1 aliphatic rings. The van der Waals surface area contributed by atoms with Crippen LogP contribution in [0, 0.1) is 4.77 Å². The Morgan fingerprint density at radius 3 is 2.80 bits per heavy atom. The quantitative estimate of drug-likeness (QED) is 0.589. The van der Waals surface area contributed by atoms with E-state index in [4.69, 9.17) is 17.0 Å². The molecule has 1 aromatic carbocycles. The highest BCUT2D eigenvalue weighted by Crippen LogP contribution is 2.17. The summed E-state index contributed by atoms with van der Waals surface area (Å²) < 4.78 is 9.19. The van der Waals surface area contributed by atoms with Crippen molar-refractivity contribution in [2.45, 2.75) is 38.7 Å². The molecule has 8 heteroatoms. The largest absolute Gasteiger partial charge is 0.465 e. The third-order valence-corrected chi connectivity index (χ3v) is 5.04. The number of nitrogens with one attached hydrogen (secondary N) is 1. The summed E-state index contributed by atoms with van der Waals surface area (Å²) in [6, 6.07) is 9.49. The van der Waals surface area contributed by atoms with Crippen LogP contribution in [0.15, 0.2) is 30.3 Å². The van der Waals surface area contributed by atoms with E-state index in [1.165, 1.54) is 7.11 Å². The van der Waals surface area contributed by atoms with Crippen molar-refractivity contribution in [2.75, 3.05) is 13.7 Å². The van der Waals surface area contributed by atoms with E-state index < -0.39 is 12.1 Å². The number of hydrogen-bond acceptors (Lipinski definition) is 5. The van der Waals surface area contributed by atoms with Gasteiger partial charge in [0.2, 0.25) is 4.77 Å². The highest BCUT2D eigenvalue weighted by atomic mass is 32.1. The molecule has 0 spiro atoms. The van der Waals surface area contributed by atoms with E-state index in [-0.39, 0.29) is 5.97 Å². The number of likely N-dealkylation sites (tertiary alicyclic amines) is 1. The fourth-order valence-electron chi connectivity index (χ4n) is 3.37. The minimum absolute atomic E-state index is 0.309. The van der Waals surface area contributed by atoms with Gasteiger partial charge in [0.15, 0.2) is 18.5 Å². The molecule has 0 bridgehead atoms. The molecule has 0 amide bonds. The van der Waals surface area contributed by atoms with Gasteiger partial charge in [-0.25, -0.2) is 4.79 Å². The second kappa shape index (κ2) is 7.47. The Labute approximate surface area is 151 Å². The van der Waals surface area contributed by atoms with Crippen molar-refractivity contribution < 1.29 is 19.5 Å². The van der Waals surface area contributed by atoms with Gasteiger partial charge in [0.1, 0.15) is 12.6 Å². The number of carbonyl (C=O) groups excluding carboxylic acids is 1. The first-order valence-corrected chi connectivity index (χ1v) is 8.79. The van der Waals surface area contributed by atoms with Crippen molar-refractivity contribution in [3.63, 3.8) is 0 Å². The minimum Gasteiger partial charge on any atom is -0.465 e. The molecule has 7 nitrogen and oxygen atoms in total. The molecule has 3 atom stereocenters. The molecule has 1 fully saturated rings. The fourth-order valence-corrected chi connectivity index (χ4v) is 3.69. The highest BCUT2D eigenvalue weighted by Gasteiger charge is 2.41. The van der Waals surface area contributed by atoms with E-state index in [0.717, 1.165) is 16.3 Å². The van der Waals surface area contributed by atoms with Crippen LogP contribution in [0.2, 0.25) is 0 Å². The molecule has 2 N–H and O–H groups in total. The van der Waals surface area contributed by atoms with E-state index in [2.05, 4.69) is 5.10 Å². The molecule has 1 saturated heterocycles. The van der Waals surface area contributed by atoms with Crippen molar-refractivity contribution >= 4 is 18.2 Å². The van der Waals surface area contributed by atoms with Gasteiger partial charge in [-0.2, -0.15) is 4.68 Å². The Morgan fingerprint density at radius 1 is 1.44 bits per heavy atom. The summed E-state index contributed by atoms with van der Waals surface area (Å²) in [6.07, 6.45) is -0.120. The maximum Gasteiger partial charge on any atom is 0.364 e. The summed E-state index contributed by atoms with van der Waals surface area (Å²) in [6.45, 7) is 3.63. The molecular formula is C17H23N4O3S+. The lowest BCUT2D eigenvalue weighted by molar-refractivity contribution is -0.928. The van der Waals surface area contributed by atoms with Gasteiger partial charge in [0, 0.05) is 18.5 Å². The Balaban J connectivity index is 1.92. The topological polar surface area (TPSA) is 73.7 Å². The summed E-state index contributed by atoms with van der Waals surface area (Å²) in [5.74, 6) is 0.498. The zero-order valence-corrected chi connectivity index (χ0v) is 15.2. The van der Waals surface area contributed by atoms with Gasteiger partial charge in [-0.3, -0.25) is 0 Å². The third kappa shape index (κ3) is 3.51. The molecule has 2 aromatic rings. The number of rotatable bonds is 5. The van der Waals surface area contributed by atoms with Gasteiger partial charge in [-0.1, -0.05) is 30.3 Å². The molecular weight excluding hydrogens is 340 g/mol. The Hall–Kier alpha value is -2.03. The van der Waals surface area contributed by atoms with E-state index in [0.29, 0.717) is 31.0 Å². The first-order valence-electron chi connectivity index (χ1n) is 8.38. The van der Waals surface area contributed by atoms with Crippen molar-refractivity contribution in [3.8, 4) is 11.4 Å². The third-order valence-electron chi connectivity index (χ3n) is 4.61. The minimum atomic E-state index is -0.518. The highest BCUT2D eigenvalue weighted by molar-refractivity contribution is 7.71. The first-order chi connectivity index (χ1) is 12.0. The number of quaternary nitrogens is 1. The van der Waals surface area contributed by atoms with E-state index in [1.807, 2.05) is 41.8 Å². The fraction of sp³-hybridized carbons (Fsp3) is 0.471. The van der Waals surface area contributed by atoms with Crippen LogP contribution in [-0.4, -0.2) is 51.2 Å². The summed E-state index contributed by atoms with van der Waals surface area (Å²) in [5.41, 5.74) is 0.996. The van der Waals surface area contributed by atoms with Gasteiger partial charge in [-0.05, 0) is 19.1 Å². The zero-order valence-electron chi connectivity index (χ0n) is 14.4. The predicted octanol–water partition coefficient (Wildman–Crippen LogP) is 0.250. The average Bonchev–Trinajstić information content (AvgIpc) is 3.15. The van der Waals surface area contributed by atoms with E-state index in [9.17, 15) is 9.90 Å². The van der Waals surface area contributed by atoms with Crippen LogP contribution >= 0.6 is 12.2 Å². The number of aliphatic hydroxyl groups is 1. The van der Waals surface area contributed by atoms with E-state index >= 15 is 0 Å². The summed E-state index contributed by atoms with van der Waals surface area (Å²) in [7, 11) is 1.37. The molecule has 1 aliphatic heterocycles. The van der Waals surface area contributed by atoms with Crippen LogP contribution in [0.3, 0.4) is 0 Å². The van der Waals surface area contributed by atoms with Crippen molar-refractivity contribution in [1.82, 2.24) is 14.3 Å². The number of hydrogen-bond donors (Lipinski definition) is 2. The number of nitrogens with zero attached hydrogens (tertiary/aromatic N) is 3. The number of aromatic nitrogens is 3. The van der Waals surface area contributed by atoms with Crippen molar-refractivity contribution in [3.05, 3.63) is 35.1 Å². The van der Waals surface area contributed by atoms with Crippen LogP contribution in [0.25, 0.3) is 11.4 Å². The lowest BCUT2D eigenvalue weighted by Crippen LogP contribution is -3.14. The van der Waals surface area contributed by atoms with Gasteiger partial charge in [0.05, 0.1) is 7.11 Å². The Morgan fingerprint density at radius 2 is 2.16 bits per heavy atom. The molecule has 0 saturated carbocycles. The average molecular weight is 363 g/mol. The molecule has 0 aliphatic carbocycles. The van der Waals surface area contributed by atoms with Gasteiger partial charge in [-0.15, -0.1) is 5.10 Å². The molecule has 1 unspecified atom stereocenters. The van der Waals surface area contributed by atoms with Crippen LogP contribution in [0.5, 0.6) is 0 Å². The molecule has 25 heavy (non-hydrogen) atoms. The molecule has 3 rings (SSSR count). The van der Waals surface area contributed by atoms with Gasteiger partial charge < -0.3 is 19.3 Å². The number of carbonyl (C=O) groups is 1. The lowest BCUT2D eigenvalue weighted by atomic mass is 10.2. The molecule has 1 aromatic heterocycles. The molecule has 0 radical (unpaired) electrons. The van der Waals surface area contributed by atoms with Crippen molar-refractivity contribution in [1.29, 1.82) is 0 Å². The van der Waals surface area contributed by atoms with E-state index in [1.54, 1.807) is 4.68 Å². The van der Waals surface area contributed by atoms with Crippen LogP contribution in [-0.2, 0) is 22.7 Å². The van der Waals surface area contributed by atoms with Crippen molar-refractivity contribution in [2.24, 2.45) is 0 Å². The molecule has 134 valence electrons. The van der Waals surface area contributed by atoms with Crippen LogP contribution < -0.4 is 4.90 Å². The smallest absolute Gasteiger partial charge is 0.364 e. The summed E-state index contributed by atoms with van der Waals surface area (Å²) in [5, 5.41) is 14.6. The monoisotopic (exact) mass is 363 g/mol. The number of esters is 1. The number of methoxy groups -OCH3 is 1. The second-order valence-corrected chi connectivity index (χ2v) is 6.57. The Kier molecular flexibility index (Phi) is 5.31.